The predicted molar refractivity (Wildman–Crippen MR) is 114 cm³/mol. The van der Waals surface area contributed by atoms with Gasteiger partial charge in [-0.25, -0.2) is 4.79 Å². The summed E-state index contributed by atoms with van der Waals surface area (Å²) in [5.41, 5.74) is 4.37. The summed E-state index contributed by atoms with van der Waals surface area (Å²) in [7, 11) is 1.94. The molecule has 6 heteroatoms. The van der Waals surface area contributed by atoms with Gasteiger partial charge in [0.05, 0.1) is 6.21 Å². The third-order valence-electron chi connectivity index (χ3n) is 4.67. The molecule has 1 aromatic heterocycles. The number of ether oxygens (including phenoxy) is 1. The highest BCUT2D eigenvalue weighted by Gasteiger charge is 2.13. The Hall–Kier alpha value is -3.28. The van der Waals surface area contributed by atoms with Crippen molar-refractivity contribution in [3.8, 4) is 5.75 Å². The molecule has 0 aliphatic heterocycles. The molecule has 0 saturated heterocycles. The molecule has 0 bridgehead atoms. The van der Waals surface area contributed by atoms with E-state index in [1.165, 1.54) is 11.8 Å². The second kappa shape index (κ2) is 8.39. The summed E-state index contributed by atoms with van der Waals surface area (Å²) in [5, 5.41) is 13.3. The number of carbonyl (C=O) groups is 1. The number of hydrogen-bond acceptors (Lipinski definition) is 4. The van der Waals surface area contributed by atoms with Crippen LogP contribution in [0.4, 0.5) is 0 Å². The van der Waals surface area contributed by atoms with Gasteiger partial charge < -0.3 is 19.2 Å². The number of carboxylic acids is 1. The van der Waals surface area contributed by atoms with Crippen molar-refractivity contribution in [2.75, 3.05) is 6.61 Å². The molecular weight excluding hydrogens is 368 g/mol. The summed E-state index contributed by atoms with van der Waals surface area (Å²) in [6, 6.07) is 14.4. The fourth-order valence-electron chi connectivity index (χ4n) is 3.05. The zero-order valence-corrected chi connectivity index (χ0v) is 17.2. The first kappa shape index (κ1) is 20.5. The molecule has 29 heavy (non-hydrogen) atoms. The largest absolute Gasteiger partial charge is 0.489 e. The smallest absolute Gasteiger partial charge is 0.344 e. The molecular formula is C23H26N2O4. The van der Waals surface area contributed by atoms with Gasteiger partial charge in [0.15, 0.2) is 0 Å². The molecule has 0 amide bonds. The van der Waals surface area contributed by atoms with E-state index in [1.54, 1.807) is 0 Å². The summed E-state index contributed by atoms with van der Waals surface area (Å²) < 4.78 is 7.96. The second-order valence-electron chi connectivity index (χ2n) is 8.01. The van der Waals surface area contributed by atoms with E-state index in [9.17, 15) is 4.79 Å². The van der Waals surface area contributed by atoms with E-state index < -0.39 is 12.6 Å². The van der Waals surface area contributed by atoms with Gasteiger partial charge in [-0.3, -0.25) is 0 Å². The van der Waals surface area contributed by atoms with E-state index in [0.717, 1.165) is 27.8 Å². The highest BCUT2D eigenvalue weighted by molar-refractivity contribution is 5.99. The lowest BCUT2D eigenvalue weighted by Gasteiger charge is -2.19. The highest BCUT2D eigenvalue weighted by Crippen LogP contribution is 2.26. The maximum Gasteiger partial charge on any atom is 0.344 e. The van der Waals surface area contributed by atoms with Crippen LogP contribution in [0.1, 0.15) is 37.5 Å². The first-order valence-corrected chi connectivity index (χ1v) is 9.42. The third kappa shape index (κ3) is 5.16. The summed E-state index contributed by atoms with van der Waals surface area (Å²) in [5.74, 6) is -0.309. The Morgan fingerprint density at radius 3 is 2.55 bits per heavy atom. The molecule has 6 nitrogen and oxygen atoms in total. The number of fused-ring (bicyclic) bond motifs is 1. The lowest BCUT2D eigenvalue weighted by atomic mass is 9.87. The Bertz CT molecular complexity index is 1030. The Balaban J connectivity index is 1.73. The van der Waals surface area contributed by atoms with Crippen molar-refractivity contribution < 1.29 is 19.5 Å². The molecule has 152 valence electrons. The van der Waals surface area contributed by atoms with Crippen molar-refractivity contribution in [1.29, 1.82) is 0 Å². The normalized spacial score (nSPS) is 11.9. The molecule has 3 rings (SSSR count). The molecule has 0 spiro atoms. The van der Waals surface area contributed by atoms with Gasteiger partial charge in [-0.2, -0.15) is 0 Å². The third-order valence-corrected chi connectivity index (χ3v) is 4.67. The number of benzene rings is 2. The van der Waals surface area contributed by atoms with Crippen LogP contribution in [0.3, 0.4) is 0 Å². The number of hydrogen-bond donors (Lipinski definition) is 1. The van der Waals surface area contributed by atoms with Crippen LogP contribution in [0.25, 0.3) is 10.9 Å². The Kier molecular flexibility index (Phi) is 5.92. The van der Waals surface area contributed by atoms with Crippen molar-refractivity contribution in [3.63, 3.8) is 0 Å². The van der Waals surface area contributed by atoms with Crippen LogP contribution in [0.2, 0.25) is 0 Å². The lowest BCUT2D eigenvalue weighted by Crippen LogP contribution is -2.10. The molecule has 0 radical (unpaired) electrons. The van der Waals surface area contributed by atoms with Crippen molar-refractivity contribution in [1.82, 2.24) is 4.57 Å². The van der Waals surface area contributed by atoms with E-state index in [1.807, 2.05) is 36.0 Å². The van der Waals surface area contributed by atoms with Crippen molar-refractivity contribution in [3.05, 3.63) is 65.4 Å². The maximum atomic E-state index is 10.5. The number of aromatic nitrogens is 1. The number of aliphatic carboxylic acids is 1. The van der Waals surface area contributed by atoms with Gasteiger partial charge in [-0.05, 0) is 34.7 Å². The number of oxime groups is 1. The minimum atomic E-state index is -1.06. The molecule has 2 aromatic carbocycles. The zero-order valence-electron chi connectivity index (χ0n) is 17.2. The number of carboxylic acid groups (broad SMARTS) is 1. The molecule has 1 heterocycles. The summed E-state index contributed by atoms with van der Waals surface area (Å²) in [4.78, 5) is 15.3. The SMILES string of the molecule is Cn1cc(C=NOCC(=O)O)c2cc(OCc3ccc(C(C)(C)C)cc3)ccc21. The minimum Gasteiger partial charge on any atom is -0.489 e. The summed E-state index contributed by atoms with van der Waals surface area (Å²) in [6.07, 6.45) is 3.42. The van der Waals surface area contributed by atoms with Gasteiger partial charge in [-0.15, -0.1) is 0 Å². The second-order valence-corrected chi connectivity index (χ2v) is 8.01. The van der Waals surface area contributed by atoms with Gasteiger partial charge >= 0.3 is 5.97 Å². The lowest BCUT2D eigenvalue weighted by molar-refractivity contribution is -0.142. The van der Waals surface area contributed by atoms with E-state index >= 15 is 0 Å². The molecule has 0 aliphatic carbocycles. The van der Waals surface area contributed by atoms with Gasteiger partial charge in [0, 0.05) is 29.7 Å². The fourth-order valence-corrected chi connectivity index (χ4v) is 3.05. The minimum absolute atomic E-state index is 0.129. The zero-order chi connectivity index (χ0) is 21.0. The molecule has 3 aromatic rings. The van der Waals surface area contributed by atoms with E-state index in [4.69, 9.17) is 14.7 Å². The molecule has 0 aliphatic rings. The van der Waals surface area contributed by atoms with Crippen molar-refractivity contribution >= 4 is 23.1 Å². The molecule has 0 saturated carbocycles. The Morgan fingerprint density at radius 1 is 1.17 bits per heavy atom. The number of rotatable bonds is 7. The standard InChI is InChI=1S/C23H26N2O4/c1-23(2,3)18-7-5-16(6-8-18)14-28-19-9-10-21-20(11-19)17(13-25(21)4)12-24-29-15-22(26)27/h5-13H,14-15H2,1-4H3,(H,26,27). The van der Waals surface area contributed by atoms with Crippen LogP contribution >= 0.6 is 0 Å². The number of aryl methyl sites for hydroxylation is 1. The van der Waals surface area contributed by atoms with Crippen molar-refractivity contribution in [2.45, 2.75) is 32.8 Å². The van der Waals surface area contributed by atoms with Crippen LogP contribution in [-0.4, -0.2) is 28.5 Å². The molecule has 0 fully saturated rings. The van der Waals surface area contributed by atoms with Crippen LogP contribution in [0.5, 0.6) is 5.75 Å². The first-order chi connectivity index (χ1) is 13.7. The van der Waals surface area contributed by atoms with Gasteiger partial charge in [0.1, 0.15) is 12.4 Å². The summed E-state index contributed by atoms with van der Waals surface area (Å²) in [6.45, 7) is 6.60. The predicted octanol–water partition coefficient (Wildman–Crippen LogP) is 4.49. The van der Waals surface area contributed by atoms with Crippen molar-refractivity contribution in [2.24, 2.45) is 12.2 Å². The van der Waals surface area contributed by atoms with Crippen LogP contribution in [0, 0.1) is 0 Å². The average Bonchev–Trinajstić information content (AvgIpc) is 2.98. The average molecular weight is 394 g/mol. The van der Waals surface area contributed by atoms with Crippen LogP contribution < -0.4 is 4.74 Å². The topological polar surface area (TPSA) is 73.1 Å². The first-order valence-electron chi connectivity index (χ1n) is 9.42. The molecule has 0 atom stereocenters. The molecule has 0 unspecified atom stereocenters. The fraction of sp³-hybridized carbons (Fsp3) is 0.304. The maximum absolute atomic E-state index is 10.5. The molecule has 1 N–H and O–H groups in total. The van der Waals surface area contributed by atoms with Crippen LogP contribution in [-0.2, 0) is 28.7 Å². The quantitative estimate of drug-likeness (QED) is 0.473. The van der Waals surface area contributed by atoms with Gasteiger partial charge in [0.2, 0.25) is 6.61 Å². The monoisotopic (exact) mass is 394 g/mol. The van der Waals surface area contributed by atoms with E-state index in [-0.39, 0.29) is 5.41 Å². The van der Waals surface area contributed by atoms with E-state index in [2.05, 4.69) is 50.2 Å². The van der Waals surface area contributed by atoms with Gasteiger partial charge in [0.25, 0.3) is 0 Å². The number of nitrogens with zero attached hydrogens (tertiary/aromatic N) is 2. The Labute approximate surface area is 170 Å². The Morgan fingerprint density at radius 2 is 1.90 bits per heavy atom. The van der Waals surface area contributed by atoms with Gasteiger partial charge in [-0.1, -0.05) is 50.2 Å². The van der Waals surface area contributed by atoms with Crippen LogP contribution in [0.15, 0.2) is 53.8 Å². The highest BCUT2D eigenvalue weighted by atomic mass is 16.6. The van der Waals surface area contributed by atoms with E-state index in [0.29, 0.717) is 6.61 Å². The summed E-state index contributed by atoms with van der Waals surface area (Å²) >= 11 is 0.